The summed E-state index contributed by atoms with van der Waals surface area (Å²) in [4.78, 5) is 13.0. The molecule has 0 aliphatic rings. The van der Waals surface area contributed by atoms with E-state index in [4.69, 9.17) is 25.8 Å². The summed E-state index contributed by atoms with van der Waals surface area (Å²) in [6, 6.07) is 25.6. The lowest BCUT2D eigenvalue weighted by atomic mass is 10.2. The van der Waals surface area contributed by atoms with E-state index in [9.17, 15) is 13.2 Å². The van der Waals surface area contributed by atoms with Gasteiger partial charge in [-0.25, -0.2) is 13.8 Å². The van der Waals surface area contributed by atoms with Gasteiger partial charge in [-0.05, 0) is 98.6 Å². The lowest BCUT2D eigenvalue weighted by molar-refractivity contribution is -0.119. The highest BCUT2D eigenvalue weighted by Gasteiger charge is 2.27. The second kappa shape index (κ2) is 15.3. The molecule has 44 heavy (non-hydrogen) atoms. The second-order valence-electron chi connectivity index (χ2n) is 9.60. The van der Waals surface area contributed by atoms with E-state index >= 15 is 0 Å². The summed E-state index contributed by atoms with van der Waals surface area (Å²) in [5.74, 6) is 1.01. The molecule has 0 fully saturated rings. The number of amides is 1. The van der Waals surface area contributed by atoms with E-state index in [0.29, 0.717) is 53.3 Å². The van der Waals surface area contributed by atoms with Gasteiger partial charge in [0.15, 0.2) is 11.5 Å². The summed E-state index contributed by atoms with van der Waals surface area (Å²) in [7, 11) is -4.07. The Morgan fingerprint density at radius 3 is 2.30 bits per heavy atom. The van der Waals surface area contributed by atoms with E-state index in [2.05, 4.69) is 10.5 Å². The van der Waals surface area contributed by atoms with Gasteiger partial charge in [0.2, 0.25) is 0 Å². The zero-order valence-corrected chi connectivity index (χ0v) is 26.3. The monoisotopic (exact) mass is 635 g/mol. The van der Waals surface area contributed by atoms with Crippen molar-refractivity contribution in [1.82, 2.24) is 5.43 Å². The molecule has 0 saturated carbocycles. The fraction of sp³-hybridized carbons (Fsp3) is 0.212. The Morgan fingerprint density at radius 2 is 1.61 bits per heavy atom. The Balaban J connectivity index is 1.48. The van der Waals surface area contributed by atoms with Crippen LogP contribution in [0, 0.1) is 6.92 Å². The molecule has 0 atom stereocenters. The third-order valence-electron chi connectivity index (χ3n) is 6.29. The molecule has 0 saturated heterocycles. The van der Waals surface area contributed by atoms with E-state index in [1.165, 1.54) is 18.3 Å². The van der Waals surface area contributed by atoms with Crippen molar-refractivity contribution in [2.45, 2.75) is 32.3 Å². The first-order chi connectivity index (χ1) is 21.2. The van der Waals surface area contributed by atoms with Crippen LogP contribution in [-0.2, 0) is 21.4 Å². The Hall–Kier alpha value is -4.54. The van der Waals surface area contributed by atoms with Crippen LogP contribution in [0.3, 0.4) is 0 Å². The van der Waals surface area contributed by atoms with Crippen molar-refractivity contribution in [2.75, 3.05) is 24.1 Å². The van der Waals surface area contributed by atoms with E-state index in [-0.39, 0.29) is 4.90 Å². The number of anilines is 1. The molecule has 4 aromatic carbocycles. The number of carbonyl (C=O) groups is 1. The molecule has 0 radical (unpaired) electrons. The third-order valence-corrected chi connectivity index (χ3v) is 8.31. The summed E-state index contributed by atoms with van der Waals surface area (Å²) in [5.41, 5.74) is 5.20. The smallest absolute Gasteiger partial charge is 0.264 e. The first-order valence-electron chi connectivity index (χ1n) is 14.0. The Kier molecular flexibility index (Phi) is 11.2. The quantitative estimate of drug-likeness (QED) is 0.127. The number of halogens is 1. The predicted octanol–water partition coefficient (Wildman–Crippen LogP) is 6.37. The molecule has 4 rings (SSSR count). The van der Waals surface area contributed by atoms with Crippen molar-refractivity contribution in [3.05, 3.63) is 113 Å². The largest absolute Gasteiger partial charge is 0.494 e. The van der Waals surface area contributed by atoms with Gasteiger partial charge in [-0.2, -0.15) is 5.10 Å². The molecule has 0 bridgehead atoms. The van der Waals surface area contributed by atoms with Crippen LogP contribution in [0.5, 0.6) is 17.2 Å². The summed E-state index contributed by atoms with van der Waals surface area (Å²) in [5, 5.41) is 4.68. The molecule has 0 unspecified atom stereocenters. The van der Waals surface area contributed by atoms with E-state index in [1.54, 1.807) is 60.7 Å². The van der Waals surface area contributed by atoms with Crippen molar-refractivity contribution >= 4 is 39.4 Å². The second-order valence-corrected chi connectivity index (χ2v) is 11.9. The standard InChI is InChI=1S/C33H34ClN3O6S/c1-4-41-29-14-12-28(13-15-29)37(44(39,40)30-16-9-24(3)10-17-30)22-33(38)36-35-21-25-11-18-31(32(20-25)42-5-2)43-23-26-7-6-8-27(34)19-26/h6-21H,4-5,22-23H2,1-3H3,(H,36,38)/b35-21-. The van der Waals surface area contributed by atoms with Gasteiger partial charge in [0.1, 0.15) is 18.9 Å². The number of benzene rings is 4. The highest BCUT2D eigenvalue weighted by Crippen LogP contribution is 2.29. The van der Waals surface area contributed by atoms with Gasteiger partial charge in [0.25, 0.3) is 15.9 Å². The van der Waals surface area contributed by atoms with Gasteiger partial charge in [-0.1, -0.05) is 41.4 Å². The average molecular weight is 636 g/mol. The molecule has 11 heteroatoms. The van der Waals surface area contributed by atoms with Gasteiger partial charge in [-0.15, -0.1) is 0 Å². The zero-order valence-electron chi connectivity index (χ0n) is 24.7. The van der Waals surface area contributed by atoms with Crippen LogP contribution < -0.4 is 23.9 Å². The van der Waals surface area contributed by atoms with Crippen molar-refractivity contribution < 1.29 is 27.4 Å². The number of nitrogens with one attached hydrogen (secondary N) is 1. The van der Waals surface area contributed by atoms with Crippen molar-refractivity contribution in [2.24, 2.45) is 5.10 Å². The summed E-state index contributed by atoms with van der Waals surface area (Å²) in [6.07, 6.45) is 1.44. The highest BCUT2D eigenvalue weighted by molar-refractivity contribution is 7.92. The Morgan fingerprint density at radius 1 is 0.886 bits per heavy atom. The summed E-state index contributed by atoms with van der Waals surface area (Å²) >= 11 is 6.07. The van der Waals surface area contributed by atoms with Crippen molar-refractivity contribution in [1.29, 1.82) is 0 Å². The molecule has 0 aliphatic carbocycles. The lowest BCUT2D eigenvalue weighted by Crippen LogP contribution is -2.39. The third kappa shape index (κ3) is 8.75. The van der Waals surface area contributed by atoms with Gasteiger partial charge in [0, 0.05) is 5.02 Å². The number of carbonyl (C=O) groups excluding carboxylic acids is 1. The zero-order chi connectivity index (χ0) is 31.5. The Labute approximate surface area is 263 Å². The molecular weight excluding hydrogens is 602 g/mol. The summed E-state index contributed by atoms with van der Waals surface area (Å²) < 4.78 is 45.5. The molecule has 230 valence electrons. The molecule has 1 N–H and O–H groups in total. The number of sulfonamides is 1. The van der Waals surface area contributed by atoms with Gasteiger partial charge in [0.05, 0.1) is 30.0 Å². The molecule has 0 aromatic heterocycles. The fourth-order valence-corrected chi connectivity index (χ4v) is 5.79. The van der Waals surface area contributed by atoms with Crippen LogP contribution >= 0.6 is 11.6 Å². The topological polar surface area (TPSA) is 107 Å². The number of hydrogen-bond acceptors (Lipinski definition) is 7. The van der Waals surface area contributed by atoms with Gasteiger partial charge < -0.3 is 14.2 Å². The molecule has 9 nitrogen and oxygen atoms in total. The minimum Gasteiger partial charge on any atom is -0.494 e. The first kappa shape index (κ1) is 32.4. The van der Waals surface area contributed by atoms with Gasteiger partial charge >= 0.3 is 0 Å². The maximum Gasteiger partial charge on any atom is 0.264 e. The minimum absolute atomic E-state index is 0.0643. The number of hydrogen-bond donors (Lipinski definition) is 1. The SMILES string of the molecule is CCOc1ccc(N(CC(=O)N/N=C\c2ccc(OCc3cccc(Cl)c3)c(OCC)c2)S(=O)(=O)c2ccc(C)cc2)cc1. The van der Waals surface area contributed by atoms with Gasteiger partial charge in [-0.3, -0.25) is 9.10 Å². The number of rotatable bonds is 14. The Bertz CT molecular complexity index is 1690. The molecule has 4 aromatic rings. The predicted molar refractivity (Wildman–Crippen MR) is 172 cm³/mol. The molecule has 1 amide bonds. The van der Waals surface area contributed by atoms with Crippen LogP contribution in [-0.4, -0.2) is 40.3 Å². The maximum atomic E-state index is 13.6. The van der Waals surface area contributed by atoms with Crippen LogP contribution in [0.15, 0.2) is 101 Å². The molecular formula is C33H34ClN3O6S. The molecule has 0 spiro atoms. The van der Waals surface area contributed by atoms with E-state index in [1.807, 2.05) is 39.0 Å². The van der Waals surface area contributed by atoms with Crippen molar-refractivity contribution in [3.63, 3.8) is 0 Å². The van der Waals surface area contributed by atoms with Crippen LogP contribution in [0.25, 0.3) is 0 Å². The van der Waals surface area contributed by atoms with Crippen LogP contribution in [0.2, 0.25) is 5.02 Å². The minimum atomic E-state index is -4.07. The maximum absolute atomic E-state index is 13.6. The molecule has 0 heterocycles. The van der Waals surface area contributed by atoms with Crippen LogP contribution in [0.4, 0.5) is 5.69 Å². The van der Waals surface area contributed by atoms with Crippen molar-refractivity contribution in [3.8, 4) is 17.2 Å². The van der Waals surface area contributed by atoms with E-state index in [0.717, 1.165) is 15.4 Å². The highest BCUT2D eigenvalue weighted by atomic mass is 35.5. The number of hydrazone groups is 1. The average Bonchev–Trinajstić information content (AvgIpc) is 3.00. The van der Waals surface area contributed by atoms with E-state index < -0.39 is 22.5 Å². The number of nitrogens with zero attached hydrogens (tertiary/aromatic N) is 2. The summed E-state index contributed by atoms with van der Waals surface area (Å²) in [6.45, 7) is 6.28. The molecule has 0 aliphatic heterocycles. The normalized spacial score (nSPS) is 11.3. The number of ether oxygens (including phenoxy) is 3. The first-order valence-corrected chi connectivity index (χ1v) is 15.8. The number of aryl methyl sites for hydroxylation is 1. The fourth-order valence-electron chi connectivity index (χ4n) is 4.15. The van der Waals surface area contributed by atoms with Crippen LogP contribution in [0.1, 0.15) is 30.5 Å². The lowest BCUT2D eigenvalue weighted by Gasteiger charge is -2.24.